The average molecular weight is 323 g/mol. The monoisotopic (exact) mass is 322 g/mol. The van der Waals surface area contributed by atoms with Gasteiger partial charge in [-0.05, 0) is 38.6 Å². The number of aryl methyl sites for hydroxylation is 1. The van der Waals surface area contributed by atoms with E-state index in [0.717, 1.165) is 6.42 Å². The van der Waals surface area contributed by atoms with Crippen molar-refractivity contribution < 1.29 is 0 Å². The molecule has 2 aromatic heterocycles. The van der Waals surface area contributed by atoms with E-state index in [4.69, 9.17) is 4.98 Å². The number of thiophene rings is 1. The van der Waals surface area contributed by atoms with Gasteiger partial charge in [0.05, 0.1) is 10.7 Å². The molecule has 2 heterocycles. The van der Waals surface area contributed by atoms with Crippen LogP contribution in [0.2, 0.25) is 0 Å². The first-order valence-corrected chi connectivity index (χ1v) is 9.23. The van der Waals surface area contributed by atoms with Crippen LogP contribution < -0.4 is 5.32 Å². The number of nitrogens with one attached hydrogen (secondary N) is 1. The van der Waals surface area contributed by atoms with Gasteiger partial charge >= 0.3 is 0 Å². The molecular formula is C17H26N2S2. The minimum absolute atomic E-state index is 0.135. The van der Waals surface area contributed by atoms with Gasteiger partial charge < -0.3 is 5.32 Å². The van der Waals surface area contributed by atoms with Crippen LogP contribution in [0.5, 0.6) is 0 Å². The molecule has 0 spiro atoms. The minimum atomic E-state index is 0.135. The molecule has 0 bridgehead atoms. The second kappa shape index (κ2) is 6.59. The standard InChI is InChI=1S/C17H26N2S2/c1-11(10-14-8-7-9-20-14)18-12(2)15-13(3)19-16(21-15)17(4,5)6/h7-9,11-12,18H,10H2,1-6H3. The number of thiazole rings is 1. The highest BCUT2D eigenvalue weighted by molar-refractivity contribution is 7.12. The molecule has 0 radical (unpaired) electrons. The highest BCUT2D eigenvalue weighted by atomic mass is 32.1. The summed E-state index contributed by atoms with van der Waals surface area (Å²) < 4.78 is 0. The van der Waals surface area contributed by atoms with Gasteiger partial charge in [0.1, 0.15) is 0 Å². The third-order valence-corrected chi connectivity index (χ3v) is 6.15. The Morgan fingerprint density at radius 2 is 2.00 bits per heavy atom. The number of nitrogens with zero attached hydrogens (tertiary/aromatic N) is 1. The fourth-order valence-electron chi connectivity index (χ4n) is 2.42. The van der Waals surface area contributed by atoms with Crippen LogP contribution in [-0.4, -0.2) is 11.0 Å². The van der Waals surface area contributed by atoms with E-state index >= 15 is 0 Å². The summed E-state index contributed by atoms with van der Waals surface area (Å²) in [6, 6.07) is 5.16. The molecule has 0 aliphatic carbocycles. The molecule has 0 saturated carbocycles. The highest BCUT2D eigenvalue weighted by Gasteiger charge is 2.23. The quantitative estimate of drug-likeness (QED) is 0.829. The smallest absolute Gasteiger partial charge is 0.0985 e. The molecular weight excluding hydrogens is 296 g/mol. The Balaban J connectivity index is 2.03. The molecule has 0 aliphatic rings. The van der Waals surface area contributed by atoms with Crippen LogP contribution in [0.1, 0.15) is 61.1 Å². The zero-order chi connectivity index (χ0) is 15.6. The van der Waals surface area contributed by atoms with Crippen molar-refractivity contribution >= 4 is 22.7 Å². The van der Waals surface area contributed by atoms with E-state index in [1.807, 2.05) is 22.7 Å². The largest absolute Gasteiger partial charge is 0.307 e. The van der Waals surface area contributed by atoms with E-state index in [1.165, 1.54) is 20.5 Å². The average Bonchev–Trinajstić information content (AvgIpc) is 2.97. The van der Waals surface area contributed by atoms with Gasteiger partial charge in [0.15, 0.2) is 0 Å². The first-order chi connectivity index (χ1) is 9.77. The summed E-state index contributed by atoms with van der Waals surface area (Å²) in [4.78, 5) is 7.58. The van der Waals surface area contributed by atoms with E-state index in [2.05, 4.69) is 64.4 Å². The Labute approximate surface area is 136 Å². The number of aromatic nitrogens is 1. The van der Waals surface area contributed by atoms with Gasteiger partial charge in [0.25, 0.3) is 0 Å². The fraction of sp³-hybridized carbons (Fsp3) is 0.588. The van der Waals surface area contributed by atoms with E-state index in [1.54, 1.807) is 0 Å². The minimum Gasteiger partial charge on any atom is -0.307 e. The highest BCUT2D eigenvalue weighted by Crippen LogP contribution is 2.32. The van der Waals surface area contributed by atoms with Crippen molar-refractivity contribution in [2.45, 2.75) is 65.5 Å². The molecule has 2 aromatic rings. The molecule has 2 atom stereocenters. The van der Waals surface area contributed by atoms with Gasteiger partial charge in [-0.1, -0.05) is 26.8 Å². The lowest BCUT2D eigenvalue weighted by Crippen LogP contribution is -2.30. The summed E-state index contributed by atoms with van der Waals surface area (Å²) >= 11 is 3.69. The van der Waals surface area contributed by atoms with Crippen molar-refractivity contribution in [2.75, 3.05) is 0 Å². The Morgan fingerprint density at radius 1 is 1.29 bits per heavy atom. The summed E-state index contributed by atoms with van der Waals surface area (Å²) in [5.41, 5.74) is 1.31. The summed E-state index contributed by atoms with van der Waals surface area (Å²) in [7, 11) is 0. The molecule has 2 nitrogen and oxygen atoms in total. The third-order valence-electron chi connectivity index (χ3n) is 3.49. The van der Waals surface area contributed by atoms with Gasteiger partial charge in [0, 0.05) is 27.3 Å². The molecule has 4 heteroatoms. The van der Waals surface area contributed by atoms with Gasteiger partial charge in [-0.2, -0.15) is 0 Å². The van der Waals surface area contributed by atoms with Crippen LogP contribution in [0.4, 0.5) is 0 Å². The summed E-state index contributed by atoms with van der Waals surface area (Å²) in [6.45, 7) is 13.3. The third kappa shape index (κ3) is 4.38. The molecule has 1 N–H and O–H groups in total. The van der Waals surface area contributed by atoms with Crippen molar-refractivity contribution in [3.8, 4) is 0 Å². The number of rotatable bonds is 5. The zero-order valence-corrected chi connectivity index (χ0v) is 15.5. The van der Waals surface area contributed by atoms with E-state index in [0.29, 0.717) is 12.1 Å². The molecule has 0 fully saturated rings. The molecule has 0 aliphatic heterocycles. The topological polar surface area (TPSA) is 24.9 Å². The van der Waals surface area contributed by atoms with E-state index < -0.39 is 0 Å². The van der Waals surface area contributed by atoms with Gasteiger partial charge in [0.2, 0.25) is 0 Å². The lowest BCUT2D eigenvalue weighted by molar-refractivity contribution is 0.482. The van der Waals surface area contributed by atoms with E-state index in [9.17, 15) is 0 Å². The predicted octanol–water partition coefficient (Wildman–Crippen LogP) is 5.09. The Hall–Kier alpha value is -0.710. The molecule has 116 valence electrons. The van der Waals surface area contributed by atoms with Crippen LogP contribution in [0.3, 0.4) is 0 Å². The summed E-state index contributed by atoms with van der Waals surface area (Å²) in [5.74, 6) is 0. The first kappa shape index (κ1) is 16.7. The molecule has 2 unspecified atom stereocenters. The fourth-order valence-corrected chi connectivity index (χ4v) is 4.39. The number of hydrogen-bond donors (Lipinski definition) is 1. The van der Waals surface area contributed by atoms with Crippen LogP contribution in [-0.2, 0) is 11.8 Å². The lowest BCUT2D eigenvalue weighted by Gasteiger charge is -2.19. The van der Waals surface area contributed by atoms with Gasteiger partial charge in [-0.15, -0.1) is 22.7 Å². The Morgan fingerprint density at radius 3 is 2.52 bits per heavy atom. The van der Waals surface area contributed by atoms with Crippen LogP contribution in [0, 0.1) is 6.92 Å². The van der Waals surface area contributed by atoms with Crippen molar-refractivity contribution in [3.63, 3.8) is 0 Å². The molecule has 0 aromatic carbocycles. The second-order valence-corrected chi connectivity index (χ2v) is 8.85. The van der Waals surface area contributed by atoms with Crippen LogP contribution in [0.15, 0.2) is 17.5 Å². The molecule has 0 amide bonds. The lowest BCUT2D eigenvalue weighted by atomic mass is 9.98. The van der Waals surface area contributed by atoms with Crippen LogP contribution >= 0.6 is 22.7 Å². The number of hydrogen-bond acceptors (Lipinski definition) is 4. The Kier molecular flexibility index (Phi) is 5.23. The maximum atomic E-state index is 4.77. The SMILES string of the molecule is Cc1nc(C(C)(C)C)sc1C(C)NC(C)Cc1cccs1. The maximum absolute atomic E-state index is 4.77. The van der Waals surface area contributed by atoms with Crippen molar-refractivity contribution in [3.05, 3.63) is 38.0 Å². The second-order valence-electron chi connectivity index (χ2n) is 6.79. The first-order valence-electron chi connectivity index (χ1n) is 7.53. The van der Waals surface area contributed by atoms with E-state index in [-0.39, 0.29) is 5.41 Å². The summed E-state index contributed by atoms with van der Waals surface area (Å²) in [6.07, 6.45) is 1.09. The van der Waals surface area contributed by atoms with Crippen LogP contribution in [0.25, 0.3) is 0 Å². The zero-order valence-electron chi connectivity index (χ0n) is 13.9. The maximum Gasteiger partial charge on any atom is 0.0985 e. The van der Waals surface area contributed by atoms with Crippen molar-refractivity contribution in [1.82, 2.24) is 10.3 Å². The Bertz CT molecular complexity index is 564. The van der Waals surface area contributed by atoms with Gasteiger partial charge in [-0.3, -0.25) is 0 Å². The molecule has 0 saturated heterocycles. The summed E-state index contributed by atoms with van der Waals surface area (Å²) in [5, 5.41) is 7.10. The predicted molar refractivity (Wildman–Crippen MR) is 94.6 cm³/mol. The molecule has 21 heavy (non-hydrogen) atoms. The van der Waals surface area contributed by atoms with Crippen molar-refractivity contribution in [1.29, 1.82) is 0 Å². The normalized spacial score (nSPS) is 15.1. The van der Waals surface area contributed by atoms with Gasteiger partial charge in [-0.25, -0.2) is 4.98 Å². The molecule has 2 rings (SSSR count). The van der Waals surface area contributed by atoms with Crippen molar-refractivity contribution in [2.24, 2.45) is 0 Å².